The van der Waals surface area contributed by atoms with Crippen molar-refractivity contribution in [3.05, 3.63) is 59.7 Å². The molecule has 0 saturated heterocycles. The maximum absolute atomic E-state index is 6.46. The molecule has 118 valence electrons. The molecule has 0 aliphatic heterocycles. The second kappa shape index (κ2) is 6.34. The largest absolute Gasteiger partial charge is 0.324 e. The van der Waals surface area contributed by atoms with Gasteiger partial charge in [-0.25, -0.2) is 4.68 Å². The molecule has 23 heavy (non-hydrogen) atoms. The van der Waals surface area contributed by atoms with E-state index < -0.39 is 0 Å². The van der Waals surface area contributed by atoms with E-state index in [4.69, 9.17) is 5.73 Å². The Balaban J connectivity index is 0.000000753. The van der Waals surface area contributed by atoms with Gasteiger partial charge < -0.3 is 5.73 Å². The second-order valence-corrected chi connectivity index (χ2v) is 5.47. The molecular formula is C19H22N4. The minimum absolute atomic E-state index is 0.0228. The maximum atomic E-state index is 6.46. The first-order valence-corrected chi connectivity index (χ1v) is 8.08. The van der Waals surface area contributed by atoms with Crippen LogP contribution >= 0.6 is 0 Å². The highest BCUT2D eigenvalue weighted by Crippen LogP contribution is 2.39. The standard InChI is InChI=1S/C17H16N4.C2H6/c1-21-17-14-9-5-4-8-13(14)15(18)10-11-6-2-3-7-12(11)16(17)19-20-21;1-2/h2-9,15H,10,18H2,1H3;1-2H3. The molecule has 2 N–H and O–H groups in total. The van der Waals surface area contributed by atoms with Gasteiger partial charge in [-0.15, -0.1) is 5.10 Å². The number of nitrogens with two attached hydrogens (primary N) is 1. The summed E-state index contributed by atoms with van der Waals surface area (Å²) >= 11 is 0. The molecule has 4 heteroatoms. The van der Waals surface area contributed by atoms with Crippen LogP contribution in [0.25, 0.3) is 22.5 Å². The molecule has 1 aliphatic carbocycles. The van der Waals surface area contributed by atoms with Gasteiger partial charge in [-0.05, 0) is 17.5 Å². The Labute approximate surface area is 137 Å². The third kappa shape index (κ3) is 2.55. The van der Waals surface area contributed by atoms with Crippen molar-refractivity contribution >= 4 is 0 Å². The number of rotatable bonds is 0. The summed E-state index contributed by atoms with van der Waals surface area (Å²) in [5, 5.41) is 8.63. The predicted octanol–water partition coefficient (Wildman–Crippen LogP) is 3.73. The van der Waals surface area contributed by atoms with Crippen molar-refractivity contribution < 1.29 is 0 Å². The zero-order chi connectivity index (χ0) is 16.4. The van der Waals surface area contributed by atoms with Gasteiger partial charge in [0.05, 0.1) is 5.69 Å². The Kier molecular flexibility index (Phi) is 4.26. The molecule has 0 spiro atoms. The normalized spacial score (nSPS) is 15.2. The van der Waals surface area contributed by atoms with Gasteiger partial charge in [0.2, 0.25) is 0 Å². The van der Waals surface area contributed by atoms with Crippen molar-refractivity contribution in [2.45, 2.75) is 26.3 Å². The van der Waals surface area contributed by atoms with Gasteiger partial charge in [0.1, 0.15) is 5.69 Å². The number of nitrogens with zero attached hydrogens (tertiary/aromatic N) is 3. The molecule has 1 aliphatic rings. The van der Waals surface area contributed by atoms with Crippen LogP contribution in [-0.4, -0.2) is 15.0 Å². The first-order valence-electron chi connectivity index (χ1n) is 8.08. The average Bonchev–Trinajstić information content (AvgIpc) is 2.97. The summed E-state index contributed by atoms with van der Waals surface area (Å²) in [5.74, 6) is 0. The number of benzene rings is 2. The van der Waals surface area contributed by atoms with E-state index in [1.54, 1.807) is 0 Å². The van der Waals surface area contributed by atoms with E-state index in [2.05, 4.69) is 40.6 Å². The molecular weight excluding hydrogens is 284 g/mol. The monoisotopic (exact) mass is 306 g/mol. The van der Waals surface area contributed by atoms with Gasteiger partial charge in [0.25, 0.3) is 0 Å². The van der Waals surface area contributed by atoms with Gasteiger partial charge in [-0.1, -0.05) is 67.6 Å². The van der Waals surface area contributed by atoms with E-state index >= 15 is 0 Å². The minimum Gasteiger partial charge on any atom is -0.324 e. The summed E-state index contributed by atoms with van der Waals surface area (Å²) in [7, 11) is 1.93. The van der Waals surface area contributed by atoms with Crippen molar-refractivity contribution in [2.24, 2.45) is 12.8 Å². The fourth-order valence-corrected chi connectivity index (χ4v) is 3.15. The van der Waals surface area contributed by atoms with Crippen LogP contribution in [0.1, 0.15) is 31.0 Å². The maximum Gasteiger partial charge on any atom is 0.121 e. The molecule has 1 atom stereocenters. The van der Waals surface area contributed by atoms with Crippen LogP contribution in [-0.2, 0) is 13.5 Å². The van der Waals surface area contributed by atoms with Gasteiger partial charge in [0.15, 0.2) is 0 Å². The van der Waals surface area contributed by atoms with Crippen LogP contribution in [0.5, 0.6) is 0 Å². The third-order valence-corrected chi connectivity index (χ3v) is 4.15. The lowest BCUT2D eigenvalue weighted by molar-refractivity contribution is 0.710. The van der Waals surface area contributed by atoms with Crippen molar-refractivity contribution in [2.75, 3.05) is 0 Å². The van der Waals surface area contributed by atoms with Crippen molar-refractivity contribution in [1.82, 2.24) is 15.0 Å². The van der Waals surface area contributed by atoms with Gasteiger partial charge in [-0.3, -0.25) is 0 Å². The molecule has 1 heterocycles. The highest BCUT2D eigenvalue weighted by molar-refractivity contribution is 5.82. The Hall–Kier alpha value is -2.46. The summed E-state index contributed by atoms with van der Waals surface area (Å²) in [6, 6.07) is 16.6. The van der Waals surface area contributed by atoms with Crippen LogP contribution in [0.4, 0.5) is 0 Å². The number of aromatic nitrogens is 3. The predicted molar refractivity (Wildman–Crippen MR) is 93.9 cm³/mol. The van der Waals surface area contributed by atoms with Crippen molar-refractivity contribution in [3.8, 4) is 22.5 Å². The zero-order valence-electron chi connectivity index (χ0n) is 13.8. The Morgan fingerprint density at radius 3 is 2.43 bits per heavy atom. The highest BCUT2D eigenvalue weighted by atomic mass is 15.4. The van der Waals surface area contributed by atoms with Crippen molar-refractivity contribution in [1.29, 1.82) is 0 Å². The van der Waals surface area contributed by atoms with E-state index in [0.717, 1.165) is 34.5 Å². The molecule has 4 nitrogen and oxygen atoms in total. The van der Waals surface area contributed by atoms with E-state index in [1.807, 2.05) is 43.8 Å². The Morgan fingerprint density at radius 2 is 1.65 bits per heavy atom. The number of fused-ring (bicyclic) bond motifs is 5. The summed E-state index contributed by atoms with van der Waals surface area (Å²) in [6.45, 7) is 4.00. The summed E-state index contributed by atoms with van der Waals surface area (Å²) in [5.41, 5.74) is 13.1. The lowest BCUT2D eigenvalue weighted by atomic mass is 9.87. The smallest absolute Gasteiger partial charge is 0.121 e. The first-order chi connectivity index (χ1) is 11.3. The molecule has 0 amide bonds. The SMILES string of the molecule is CC.Cn1nnc2c1-c1ccccc1C(N)Cc1ccccc1-2. The lowest BCUT2D eigenvalue weighted by Crippen LogP contribution is -2.17. The minimum atomic E-state index is -0.0228. The number of hydrogen-bond acceptors (Lipinski definition) is 3. The number of aryl methyl sites for hydroxylation is 1. The number of hydrogen-bond donors (Lipinski definition) is 1. The van der Waals surface area contributed by atoms with E-state index in [-0.39, 0.29) is 6.04 Å². The topological polar surface area (TPSA) is 56.7 Å². The molecule has 1 aromatic heterocycles. The first kappa shape index (κ1) is 15.4. The highest BCUT2D eigenvalue weighted by Gasteiger charge is 2.25. The zero-order valence-corrected chi connectivity index (χ0v) is 13.8. The quantitative estimate of drug-likeness (QED) is 0.688. The Morgan fingerprint density at radius 1 is 1.00 bits per heavy atom. The molecule has 0 fully saturated rings. The van der Waals surface area contributed by atoms with Crippen LogP contribution in [0.15, 0.2) is 48.5 Å². The van der Waals surface area contributed by atoms with Gasteiger partial charge in [-0.2, -0.15) is 0 Å². The van der Waals surface area contributed by atoms with E-state index in [9.17, 15) is 0 Å². The van der Waals surface area contributed by atoms with E-state index in [0.29, 0.717) is 0 Å². The van der Waals surface area contributed by atoms with Crippen LogP contribution in [0, 0.1) is 0 Å². The molecule has 1 unspecified atom stereocenters. The molecule has 0 bridgehead atoms. The molecule has 3 aromatic rings. The molecule has 4 rings (SSSR count). The molecule has 0 saturated carbocycles. The molecule has 0 radical (unpaired) electrons. The second-order valence-electron chi connectivity index (χ2n) is 5.47. The van der Waals surface area contributed by atoms with Gasteiger partial charge in [0, 0.05) is 24.2 Å². The lowest BCUT2D eigenvalue weighted by Gasteiger charge is -2.21. The Bertz CT molecular complexity index is 820. The molecule has 2 aromatic carbocycles. The third-order valence-electron chi connectivity index (χ3n) is 4.15. The summed E-state index contributed by atoms with van der Waals surface area (Å²) < 4.78 is 1.84. The van der Waals surface area contributed by atoms with E-state index in [1.165, 1.54) is 5.56 Å². The van der Waals surface area contributed by atoms with Crippen LogP contribution < -0.4 is 5.73 Å². The fourth-order valence-electron chi connectivity index (χ4n) is 3.15. The van der Waals surface area contributed by atoms with Crippen LogP contribution in [0.2, 0.25) is 0 Å². The fraction of sp³-hybridized carbons (Fsp3) is 0.263. The van der Waals surface area contributed by atoms with Gasteiger partial charge >= 0.3 is 0 Å². The summed E-state index contributed by atoms with van der Waals surface area (Å²) in [6.07, 6.45) is 0.809. The average molecular weight is 306 g/mol. The van der Waals surface area contributed by atoms with Crippen molar-refractivity contribution in [3.63, 3.8) is 0 Å². The summed E-state index contributed by atoms with van der Waals surface area (Å²) in [4.78, 5) is 0. The van der Waals surface area contributed by atoms with Crippen LogP contribution in [0.3, 0.4) is 0 Å².